The smallest absolute Gasteiger partial charge is 0.270 e. The summed E-state index contributed by atoms with van der Waals surface area (Å²) in [6.45, 7) is 10.1. The maximum Gasteiger partial charge on any atom is 0.270 e. The Morgan fingerprint density at radius 2 is 1.81 bits per heavy atom. The number of thiazole rings is 1. The number of benzene rings is 1. The number of carbonyl (C=O) groups is 1. The maximum absolute atomic E-state index is 12.4. The molecule has 0 radical (unpaired) electrons. The Morgan fingerprint density at radius 3 is 2.41 bits per heavy atom. The second-order valence-corrected chi connectivity index (χ2v) is 7.65. The minimum absolute atomic E-state index is 0.148. The summed E-state index contributed by atoms with van der Waals surface area (Å²) in [5.41, 5.74) is 1.33. The highest BCUT2D eigenvalue weighted by molar-refractivity contribution is 7.13. The van der Waals surface area contributed by atoms with Gasteiger partial charge in [0.15, 0.2) is 11.5 Å². The molecule has 0 aliphatic carbocycles. The molecule has 1 aromatic heterocycles. The largest absolute Gasteiger partial charge is 0.493 e. The summed E-state index contributed by atoms with van der Waals surface area (Å²) < 4.78 is 10.6. The van der Waals surface area contributed by atoms with Gasteiger partial charge in [-0.2, -0.15) is 0 Å². The topological polar surface area (TPSA) is 63.7 Å². The van der Waals surface area contributed by atoms with E-state index in [1.54, 1.807) is 19.6 Å². The van der Waals surface area contributed by atoms with Crippen molar-refractivity contribution in [2.75, 3.05) is 27.3 Å². The zero-order valence-corrected chi connectivity index (χ0v) is 17.7. The van der Waals surface area contributed by atoms with Gasteiger partial charge < -0.3 is 14.8 Å². The lowest BCUT2D eigenvalue weighted by Gasteiger charge is -2.30. The van der Waals surface area contributed by atoms with Crippen molar-refractivity contribution < 1.29 is 14.3 Å². The van der Waals surface area contributed by atoms with E-state index in [0.29, 0.717) is 35.8 Å². The summed E-state index contributed by atoms with van der Waals surface area (Å²) in [6, 6.07) is 6.49. The third-order valence-corrected chi connectivity index (χ3v) is 5.24. The Labute approximate surface area is 165 Å². The van der Waals surface area contributed by atoms with E-state index in [1.165, 1.54) is 11.3 Å². The molecule has 27 heavy (non-hydrogen) atoms. The number of amides is 1. The van der Waals surface area contributed by atoms with Crippen LogP contribution in [0, 0.1) is 0 Å². The number of carbonyl (C=O) groups excluding carboxylic acids is 1. The first-order valence-corrected chi connectivity index (χ1v) is 9.97. The second kappa shape index (κ2) is 9.71. The molecule has 0 fully saturated rings. The predicted molar refractivity (Wildman–Crippen MR) is 110 cm³/mol. The van der Waals surface area contributed by atoms with Crippen LogP contribution in [0.2, 0.25) is 0 Å². The number of aromatic nitrogens is 1. The zero-order valence-electron chi connectivity index (χ0n) is 16.9. The third kappa shape index (κ3) is 5.43. The molecule has 0 saturated heterocycles. The summed E-state index contributed by atoms with van der Waals surface area (Å²) >= 11 is 1.43. The van der Waals surface area contributed by atoms with Crippen molar-refractivity contribution in [1.82, 2.24) is 15.2 Å². The molecule has 7 heteroatoms. The van der Waals surface area contributed by atoms with Crippen LogP contribution < -0.4 is 14.8 Å². The average Bonchev–Trinajstić information content (AvgIpc) is 3.14. The van der Waals surface area contributed by atoms with Gasteiger partial charge in [-0.25, -0.2) is 4.98 Å². The van der Waals surface area contributed by atoms with Gasteiger partial charge in [-0.15, -0.1) is 11.3 Å². The Hall–Kier alpha value is -2.12. The molecule has 0 bridgehead atoms. The minimum atomic E-state index is -0.148. The summed E-state index contributed by atoms with van der Waals surface area (Å²) in [7, 11) is 3.20. The van der Waals surface area contributed by atoms with Crippen molar-refractivity contribution in [3.63, 3.8) is 0 Å². The van der Waals surface area contributed by atoms with Gasteiger partial charge in [-0.1, -0.05) is 0 Å². The van der Waals surface area contributed by atoms with Crippen LogP contribution >= 0.6 is 11.3 Å². The van der Waals surface area contributed by atoms with Gasteiger partial charge in [0.2, 0.25) is 0 Å². The molecular weight excluding hydrogens is 362 g/mol. The lowest BCUT2D eigenvalue weighted by atomic mass is 10.2. The molecule has 0 unspecified atom stereocenters. The van der Waals surface area contributed by atoms with Crippen molar-refractivity contribution in [3.8, 4) is 22.1 Å². The van der Waals surface area contributed by atoms with Gasteiger partial charge in [0.25, 0.3) is 5.91 Å². The third-order valence-electron chi connectivity index (χ3n) is 4.35. The maximum atomic E-state index is 12.4. The quantitative estimate of drug-likeness (QED) is 0.706. The molecule has 1 N–H and O–H groups in total. The van der Waals surface area contributed by atoms with Crippen LogP contribution in [-0.4, -0.2) is 55.2 Å². The van der Waals surface area contributed by atoms with E-state index >= 15 is 0 Å². The van der Waals surface area contributed by atoms with Crippen molar-refractivity contribution >= 4 is 17.2 Å². The summed E-state index contributed by atoms with van der Waals surface area (Å²) in [6.07, 6.45) is 0. The molecular formula is C20H29N3O3S. The number of nitrogens with one attached hydrogen (secondary N) is 1. The zero-order chi connectivity index (χ0) is 20.0. The van der Waals surface area contributed by atoms with E-state index in [1.807, 2.05) is 18.2 Å². The lowest BCUT2D eigenvalue weighted by Crippen LogP contribution is -2.42. The molecule has 6 nitrogen and oxygen atoms in total. The molecule has 1 amide bonds. The van der Waals surface area contributed by atoms with Crippen LogP contribution in [-0.2, 0) is 0 Å². The van der Waals surface area contributed by atoms with Crippen molar-refractivity contribution in [3.05, 3.63) is 29.3 Å². The van der Waals surface area contributed by atoms with Crippen molar-refractivity contribution in [1.29, 1.82) is 0 Å². The summed E-state index contributed by atoms with van der Waals surface area (Å²) in [5.74, 6) is 1.15. The first kappa shape index (κ1) is 21.2. The van der Waals surface area contributed by atoms with E-state index in [0.717, 1.165) is 17.1 Å². The highest BCUT2D eigenvalue weighted by atomic mass is 32.1. The Kier molecular flexibility index (Phi) is 7.62. The number of rotatable bonds is 9. The van der Waals surface area contributed by atoms with Crippen molar-refractivity contribution in [2.45, 2.75) is 39.8 Å². The number of methoxy groups -OCH3 is 2. The second-order valence-electron chi connectivity index (χ2n) is 6.79. The monoisotopic (exact) mass is 391 g/mol. The number of ether oxygens (including phenoxy) is 2. The summed E-state index contributed by atoms with van der Waals surface area (Å²) in [5, 5.41) is 5.52. The van der Waals surface area contributed by atoms with Gasteiger partial charge in [0.05, 0.1) is 14.2 Å². The lowest BCUT2D eigenvalue weighted by molar-refractivity contribution is 0.0935. The fourth-order valence-corrected chi connectivity index (χ4v) is 3.78. The standard InChI is InChI=1S/C20H29N3O3S/c1-13(2)23(14(3)4)10-9-21-19(24)16-12-27-20(22-16)15-7-8-17(25-5)18(11-15)26-6/h7-8,11-14H,9-10H2,1-6H3,(H,21,24). The first-order valence-electron chi connectivity index (χ1n) is 9.09. The van der Waals surface area contributed by atoms with Crippen LogP contribution in [0.4, 0.5) is 0 Å². The Balaban J connectivity index is 2.01. The average molecular weight is 392 g/mol. The SMILES string of the molecule is COc1ccc(-c2nc(C(=O)NCCN(C(C)C)C(C)C)cs2)cc1OC. The predicted octanol–water partition coefficient (Wildman–Crippen LogP) is 3.68. The molecule has 0 spiro atoms. The van der Waals surface area contributed by atoms with Gasteiger partial charge >= 0.3 is 0 Å². The van der Waals surface area contributed by atoms with Gasteiger partial charge in [0.1, 0.15) is 10.7 Å². The highest BCUT2D eigenvalue weighted by Gasteiger charge is 2.16. The molecule has 0 atom stereocenters. The van der Waals surface area contributed by atoms with Crippen LogP contribution in [0.15, 0.2) is 23.6 Å². The fraction of sp³-hybridized carbons (Fsp3) is 0.500. The normalized spacial score (nSPS) is 11.3. The van der Waals surface area contributed by atoms with Crippen LogP contribution in [0.25, 0.3) is 10.6 Å². The van der Waals surface area contributed by atoms with Crippen LogP contribution in [0.1, 0.15) is 38.2 Å². The molecule has 1 aromatic carbocycles. The van der Waals surface area contributed by atoms with E-state index in [-0.39, 0.29) is 5.91 Å². The van der Waals surface area contributed by atoms with E-state index < -0.39 is 0 Å². The van der Waals surface area contributed by atoms with Gasteiger partial charge in [-0.3, -0.25) is 9.69 Å². The van der Waals surface area contributed by atoms with Crippen molar-refractivity contribution in [2.24, 2.45) is 0 Å². The van der Waals surface area contributed by atoms with Gasteiger partial charge in [0, 0.05) is 36.1 Å². The molecule has 148 valence electrons. The minimum Gasteiger partial charge on any atom is -0.493 e. The highest BCUT2D eigenvalue weighted by Crippen LogP contribution is 2.33. The molecule has 1 heterocycles. The van der Waals surface area contributed by atoms with E-state index in [9.17, 15) is 4.79 Å². The van der Waals surface area contributed by atoms with Crippen LogP contribution in [0.5, 0.6) is 11.5 Å². The molecule has 0 aliphatic rings. The van der Waals surface area contributed by atoms with E-state index in [4.69, 9.17) is 9.47 Å². The Bertz CT molecular complexity index is 751. The van der Waals surface area contributed by atoms with E-state index in [2.05, 4.69) is 42.9 Å². The fourth-order valence-electron chi connectivity index (χ4n) is 2.98. The first-order chi connectivity index (χ1) is 12.9. The number of hydrogen-bond donors (Lipinski definition) is 1. The molecule has 2 rings (SSSR count). The van der Waals surface area contributed by atoms with Gasteiger partial charge in [-0.05, 0) is 45.9 Å². The molecule has 2 aromatic rings. The summed E-state index contributed by atoms with van der Waals surface area (Å²) in [4.78, 5) is 19.2. The molecule has 0 aliphatic heterocycles. The Morgan fingerprint density at radius 1 is 1.15 bits per heavy atom. The van der Waals surface area contributed by atoms with Crippen LogP contribution in [0.3, 0.4) is 0 Å². The molecule has 0 saturated carbocycles. The number of nitrogens with zero attached hydrogens (tertiary/aromatic N) is 2. The number of hydrogen-bond acceptors (Lipinski definition) is 6.